The number of aliphatic hydroxyl groups excluding tert-OH is 1. The monoisotopic (exact) mass is 296 g/mol. The van der Waals surface area contributed by atoms with Crippen molar-refractivity contribution in [3.63, 3.8) is 0 Å². The molecule has 22 heavy (non-hydrogen) atoms. The van der Waals surface area contributed by atoms with Crippen LogP contribution >= 0.6 is 0 Å². The van der Waals surface area contributed by atoms with E-state index in [0.29, 0.717) is 0 Å². The van der Waals surface area contributed by atoms with Crippen molar-refractivity contribution < 1.29 is 9.84 Å². The molecule has 0 spiro atoms. The van der Waals surface area contributed by atoms with Gasteiger partial charge in [0.1, 0.15) is 11.4 Å². The summed E-state index contributed by atoms with van der Waals surface area (Å²) >= 11 is 0. The van der Waals surface area contributed by atoms with Crippen LogP contribution in [0.25, 0.3) is 16.9 Å². The molecule has 0 bridgehead atoms. The van der Waals surface area contributed by atoms with Crippen LogP contribution in [0.1, 0.15) is 25.1 Å². The van der Waals surface area contributed by atoms with Gasteiger partial charge in [-0.2, -0.15) is 0 Å². The molecule has 3 rings (SSSR count). The Labute approximate surface area is 130 Å². The molecule has 0 atom stereocenters. The van der Waals surface area contributed by atoms with Crippen LogP contribution in [0, 0.1) is 6.92 Å². The van der Waals surface area contributed by atoms with Gasteiger partial charge in [0.25, 0.3) is 0 Å². The van der Waals surface area contributed by atoms with E-state index in [1.807, 2.05) is 67.8 Å². The maximum Gasteiger partial charge on any atom is 0.140 e. The van der Waals surface area contributed by atoms with E-state index in [9.17, 15) is 5.11 Å². The zero-order chi connectivity index (χ0) is 15.7. The number of imidazole rings is 1. The van der Waals surface area contributed by atoms with Crippen molar-refractivity contribution in [2.75, 3.05) is 0 Å². The van der Waals surface area contributed by atoms with Gasteiger partial charge in [0, 0.05) is 11.8 Å². The molecule has 0 aliphatic rings. The van der Waals surface area contributed by atoms with E-state index in [4.69, 9.17) is 9.72 Å². The van der Waals surface area contributed by atoms with E-state index in [2.05, 4.69) is 0 Å². The van der Waals surface area contributed by atoms with Gasteiger partial charge in [-0.3, -0.25) is 0 Å². The Bertz CT molecular complexity index is 789. The average molecular weight is 296 g/mol. The number of hydrogen-bond donors (Lipinski definition) is 1. The highest BCUT2D eigenvalue weighted by atomic mass is 16.5. The minimum Gasteiger partial charge on any atom is -0.491 e. The molecule has 4 nitrogen and oxygen atoms in total. The second-order valence-corrected chi connectivity index (χ2v) is 5.64. The summed E-state index contributed by atoms with van der Waals surface area (Å²) in [6.45, 7) is 5.97. The quantitative estimate of drug-likeness (QED) is 0.800. The van der Waals surface area contributed by atoms with Crippen molar-refractivity contribution in [2.45, 2.75) is 33.5 Å². The number of aryl methyl sites for hydroxylation is 1. The summed E-state index contributed by atoms with van der Waals surface area (Å²) in [5.74, 6) is 0.837. The van der Waals surface area contributed by atoms with Gasteiger partial charge < -0.3 is 14.2 Å². The van der Waals surface area contributed by atoms with Crippen molar-refractivity contribution >= 4 is 5.65 Å². The van der Waals surface area contributed by atoms with Gasteiger partial charge in [-0.25, -0.2) is 4.98 Å². The summed E-state index contributed by atoms with van der Waals surface area (Å²) in [7, 11) is 0. The Morgan fingerprint density at radius 2 is 1.91 bits per heavy atom. The Morgan fingerprint density at radius 3 is 2.55 bits per heavy atom. The standard InChI is InChI=1S/C18H20N2O2/c1-12(2)22-15-8-6-14(7-9-15)17-16(11-21)20-10-4-5-13(3)18(20)19-17/h4-10,12,21H,11H2,1-3H3. The topological polar surface area (TPSA) is 46.8 Å². The Morgan fingerprint density at radius 1 is 1.18 bits per heavy atom. The number of fused-ring (bicyclic) bond motifs is 1. The van der Waals surface area contributed by atoms with E-state index < -0.39 is 0 Å². The van der Waals surface area contributed by atoms with E-state index in [-0.39, 0.29) is 12.7 Å². The molecule has 2 aromatic heterocycles. The number of aromatic nitrogens is 2. The van der Waals surface area contributed by atoms with Gasteiger partial charge in [-0.15, -0.1) is 0 Å². The fourth-order valence-corrected chi connectivity index (χ4v) is 2.60. The first-order valence-electron chi connectivity index (χ1n) is 7.44. The van der Waals surface area contributed by atoms with Crippen LogP contribution in [-0.2, 0) is 6.61 Å². The zero-order valence-electron chi connectivity index (χ0n) is 13.1. The molecule has 0 aliphatic carbocycles. The third-order valence-electron chi connectivity index (χ3n) is 3.59. The molecular formula is C18H20N2O2. The number of benzene rings is 1. The molecule has 0 radical (unpaired) electrons. The van der Waals surface area contributed by atoms with Crippen molar-refractivity contribution in [2.24, 2.45) is 0 Å². The van der Waals surface area contributed by atoms with Crippen molar-refractivity contribution in [1.82, 2.24) is 9.38 Å². The van der Waals surface area contributed by atoms with E-state index in [1.165, 1.54) is 0 Å². The summed E-state index contributed by atoms with van der Waals surface area (Å²) in [5.41, 5.74) is 4.56. The third kappa shape index (κ3) is 2.57. The normalized spacial score (nSPS) is 11.3. The molecule has 0 aliphatic heterocycles. The molecule has 3 aromatic rings. The molecule has 0 amide bonds. The van der Waals surface area contributed by atoms with Crippen LogP contribution < -0.4 is 4.74 Å². The minimum absolute atomic E-state index is 0.0514. The number of aliphatic hydroxyl groups is 1. The number of ether oxygens (including phenoxy) is 1. The van der Waals surface area contributed by atoms with Gasteiger partial charge in [0.15, 0.2) is 0 Å². The molecule has 114 valence electrons. The van der Waals surface area contributed by atoms with Crippen LogP contribution in [0.3, 0.4) is 0 Å². The van der Waals surface area contributed by atoms with Crippen molar-refractivity contribution in [3.8, 4) is 17.0 Å². The first-order valence-corrected chi connectivity index (χ1v) is 7.44. The second kappa shape index (κ2) is 5.81. The first-order chi connectivity index (χ1) is 10.6. The van der Waals surface area contributed by atoms with Gasteiger partial charge in [0.05, 0.1) is 24.1 Å². The number of nitrogens with zero attached hydrogens (tertiary/aromatic N) is 2. The maximum atomic E-state index is 9.75. The van der Waals surface area contributed by atoms with Crippen LogP contribution in [-0.4, -0.2) is 20.6 Å². The highest BCUT2D eigenvalue weighted by molar-refractivity contribution is 5.68. The third-order valence-corrected chi connectivity index (χ3v) is 3.59. The molecule has 0 unspecified atom stereocenters. The molecule has 0 saturated heterocycles. The maximum absolute atomic E-state index is 9.75. The van der Waals surface area contributed by atoms with E-state index >= 15 is 0 Å². The number of rotatable bonds is 4. The summed E-state index contributed by atoms with van der Waals surface area (Å²) in [6, 6.07) is 11.8. The van der Waals surface area contributed by atoms with Crippen LogP contribution in [0.5, 0.6) is 5.75 Å². The zero-order valence-corrected chi connectivity index (χ0v) is 13.1. The largest absolute Gasteiger partial charge is 0.491 e. The lowest BCUT2D eigenvalue weighted by molar-refractivity contribution is 0.242. The molecule has 0 saturated carbocycles. The summed E-state index contributed by atoms with van der Waals surface area (Å²) in [6.07, 6.45) is 2.08. The molecular weight excluding hydrogens is 276 g/mol. The molecule has 4 heteroatoms. The Balaban J connectivity index is 2.07. The molecule has 0 fully saturated rings. The number of pyridine rings is 1. The number of hydrogen-bond acceptors (Lipinski definition) is 3. The lowest BCUT2D eigenvalue weighted by Crippen LogP contribution is -2.05. The highest BCUT2D eigenvalue weighted by Crippen LogP contribution is 2.27. The van der Waals surface area contributed by atoms with Gasteiger partial charge in [-0.05, 0) is 56.7 Å². The Hall–Kier alpha value is -2.33. The SMILES string of the molecule is Cc1cccn2c(CO)c(-c3ccc(OC(C)C)cc3)nc12. The van der Waals surface area contributed by atoms with Gasteiger partial charge in [0.2, 0.25) is 0 Å². The van der Waals surface area contributed by atoms with Gasteiger partial charge in [-0.1, -0.05) is 6.07 Å². The van der Waals surface area contributed by atoms with Crippen LogP contribution in [0.2, 0.25) is 0 Å². The minimum atomic E-state index is -0.0514. The van der Waals surface area contributed by atoms with Crippen LogP contribution in [0.4, 0.5) is 0 Å². The summed E-state index contributed by atoms with van der Waals surface area (Å²) < 4.78 is 7.61. The summed E-state index contributed by atoms with van der Waals surface area (Å²) in [5, 5.41) is 9.75. The van der Waals surface area contributed by atoms with E-state index in [1.54, 1.807) is 0 Å². The van der Waals surface area contributed by atoms with E-state index in [0.717, 1.165) is 33.9 Å². The predicted octanol–water partition coefficient (Wildman–Crippen LogP) is 3.59. The fourth-order valence-electron chi connectivity index (χ4n) is 2.60. The average Bonchev–Trinajstić information content (AvgIpc) is 2.87. The van der Waals surface area contributed by atoms with Crippen molar-refractivity contribution in [1.29, 1.82) is 0 Å². The van der Waals surface area contributed by atoms with Crippen molar-refractivity contribution in [3.05, 3.63) is 53.9 Å². The molecule has 1 aromatic carbocycles. The Kier molecular flexibility index (Phi) is 3.86. The van der Waals surface area contributed by atoms with Crippen LogP contribution in [0.15, 0.2) is 42.6 Å². The van der Waals surface area contributed by atoms with Gasteiger partial charge >= 0.3 is 0 Å². The first kappa shape index (κ1) is 14.6. The predicted molar refractivity (Wildman–Crippen MR) is 87.1 cm³/mol. The lowest BCUT2D eigenvalue weighted by atomic mass is 10.1. The fraction of sp³-hybridized carbons (Fsp3) is 0.278. The lowest BCUT2D eigenvalue weighted by Gasteiger charge is -2.10. The molecule has 2 heterocycles. The second-order valence-electron chi connectivity index (χ2n) is 5.64. The summed E-state index contributed by atoms with van der Waals surface area (Å²) in [4.78, 5) is 4.71. The smallest absolute Gasteiger partial charge is 0.140 e. The highest BCUT2D eigenvalue weighted by Gasteiger charge is 2.14. The molecule has 1 N–H and O–H groups in total.